The van der Waals surface area contributed by atoms with E-state index in [9.17, 15) is 9.59 Å². The number of aromatic nitrogens is 4. The third-order valence-corrected chi connectivity index (χ3v) is 2.79. The Balaban J connectivity index is 1.74. The van der Waals surface area contributed by atoms with Gasteiger partial charge in [-0.05, 0) is 0 Å². The van der Waals surface area contributed by atoms with E-state index in [2.05, 4.69) is 20.3 Å². The summed E-state index contributed by atoms with van der Waals surface area (Å²) in [6.45, 7) is 1.20. The van der Waals surface area contributed by atoms with Gasteiger partial charge in [0.25, 0.3) is 0 Å². The number of imidazole rings is 2. The minimum atomic E-state index is -1.07. The van der Waals surface area contributed by atoms with Crippen molar-refractivity contribution in [3.8, 4) is 0 Å². The highest BCUT2D eigenvalue weighted by atomic mass is 16.4. The van der Waals surface area contributed by atoms with Crippen molar-refractivity contribution in [3.63, 3.8) is 0 Å². The summed E-state index contributed by atoms with van der Waals surface area (Å²) >= 11 is 0. The second kappa shape index (κ2) is 6.55. The predicted octanol–water partition coefficient (Wildman–Crippen LogP) is 0.146. The number of carboxylic acid groups (broad SMARTS) is 1. The molecule has 0 aromatic carbocycles. The zero-order chi connectivity index (χ0) is 15.2. The van der Waals surface area contributed by atoms with Crippen LogP contribution in [0, 0.1) is 0 Å². The molecule has 9 nitrogen and oxygen atoms in total. The summed E-state index contributed by atoms with van der Waals surface area (Å²) in [5.74, 6) is -0.371. The summed E-state index contributed by atoms with van der Waals surface area (Å²) in [6, 6.07) is -0.232. The number of carbonyl (C=O) groups excluding carboxylic acids is 1. The Hall–Kier alpha value is -2.84. The van der Waals surface area contributed by atoms with Gasteiger partial charge in [0.2, 0.25) is 0 Å². The van der Waals surface area contributed by atoms with Crippen LogP contribution in [0.1, 0.15) is 16.3 Å². The van der Waals surface area contributed by atoms with Crippen LogP contribution in [0.3, 0.4) is 0 Å². The maximum absolute atomic E-state index is 11.8. The zero-order valence-corrected chi connectivity index (χ0v) is 11.5. The number of urea groups is 1. The van der Waals surface area contributed by atoms with Gasteiger partial charge < -0.3 is 24.9 Å². The first kappa shape index (κ1) is 14.6. The van der Waals surface area contributed by atoms with Crippen molar-refractivity contribution >= 4 is 12.0 Å². The number of rotatable bonds is 6. The van der Waals surface area contributed by atoms with E-state index in [1.165, 1.54) is 17.4 Å². The number of aromatic amines is 1. The van der Waals surface area contributed by atoms with Crippen molar-refractivity contribution in [2.24, 2.45) is 0 Å². The fourth-order valence-electron chi connectivity index (χ4n) is 1.70. The summed E-state index contributed by atoms with van der Waals surface area (Å²) in [5.41, 5.74) is -0.0173. The Labute approximate surface area is 120 Å². The molecule has 0 radical (unpaired) electrons. The maximum atomic E-state index is 11.8. The van der Waals surface area contributed by atoms with Crippen LogP contribution >= 0.6 is 0 Å². The average molecular weight is 292 g/mol. The smallest absolute Gasteiger partial charge is 0.356 e. The van der Waals surface area contributed by atoms with Gasteiger partial charge >= 0.3 is 12.0 Å². The number of H-pyrrole nitrogens is 1. The third-order valence-electron chi connectivity index (χ3n) is 2.79. The first-order valence-corrected chi connectivity index (χ1v) is 6.28. The highest BCUT2D eigenvalue weighted by Crippen LogP contribution is 1.97. The Morgan fingerprint density at radius 2 is 2.29 bits per heavy atom. The predicted molar refractivity (Wildman–Crippen MR) is 72.6 cm³/mol. The van der Waals surface area contributed by atoms with Crippen LogP contribution in [0.5, 0.6) is 0 Å². The molecule has 3 N–H and O–H groups in total. The van der Waals surface area contributed by atoms with Gasteiger partial charge in [-0.3, -0.25) is 0 Å². The average Bonchev–Trinajstić information content (AvgIpc) is 3.09. The normalized spacial score (nSPS) is 10.3. The lowest BCUT2D eigenvalue weighted by atomic mass is 10.5. The van der Waals surface area contributed by atoms with E-state index in [1.54, 1.807) is 24.0 Å². The molecule has 0 saturated carbocycles. The Morgan fingerprint density at radius 1 is 1.48 bits per heavy atom. The molecule has 0 aliphatic heterocycles. The molecule has 2 heterocycles. The topological polar surface area (TPSA) is 116 Å². The molecule has 2 aromatic heterocycles. The summed E-state index contributed by atoms with van der Waals surface area (Å²) < 4.78 is 1.61. The van der Waals surface area contributed by atoms with Crippen LogP contribution in [0.15, 0.2) is 24.9 Å². The minimum absolute atomic E-state index is 0.0173. The largest absolute Gasteiger partial charge is 0.476 e. The molecule has 0 fully saturated rings. The molecular weight excluding hydrogens is 276 g/mol. The number of amides is 2. The second-order valence-corrected chi connectivity index (χ2v) is 4.43. The number of nitrogens with zero attached hydrogens (tertiary/aromatic N) is 4. The van der Waals surface area contributed by atoms with Gasteiger partial charge in [-0.25, -0.2) is 19.6 Å². The van der Waals surface area contributed by atoms with Gasteiger partial charge in [-0.2, -0.15) is 0 Å². The number of carbonyl (C=O) groups is 2. The van der Waals surface area contributed by atoms with Gasteiger partial charge in [0, 0.05) is 38.7 Å². The highest BCUT2D eigenvalue weighted by Gasteiger charge is 2.10. The fourth-order valence-corrected chi connectivity index (χ4v) is 1.70. The van der Waals surface area contributed by atoms with Crippen molar-refractivity contribution in [1.82, 2.24) is 29.7 Å². The molecule has 0 saturated heterocycles. The lowest BCUT2D eigenvalue weighted by Crippen LogP contribution is -2.38. The van der Waals surface area contributed by atoms with Gasteiger partial charge in [0.1, 0.15) is 5.82 Å². The van der Waals surface area contributed by atoms with Crippen molar-refractivity contribution in [2.75, 3.05) is 13.6 Å². The van der Waals surface area contributed by atoms with E-state index < -0.39 is 5.97 Å². The Kier molecular flexibility index (Phi) is 4.54. The summed E-state index contributed by atoms with van der Waals surface area (Å²) in [7, 11) is 1.66. The maximum Gasteiger partial charge on any atom is 0.356 e. The number of hydrogen-bond acceptors (Lipinski definition) is 4. The van der Waals surface area contributed by atoms with Crippen LogP contribution in [0.25, 0.3) is 0 Å². The van der Waals surface area contributed by atoms with Gasteiger partial charge in [0.05, 0.1) is 12.9 Å². The molecule has 2 rings (SSSR count). The summed E-state index contributed by atoms with van der Waals surface area (Å²) in [6.07, 6.45) is 6.16. The van der Waals surface area contributed by atoms with Crippen LogP contribution in [-0.4, -0.2) is 55.1 Å². The summed E-state index contributed by atoms with van der Waals surface area (Å²) in [5, 5.41) is 11.5. The molecule has 0 unspecified atom stereocenters. The van der Waals surface area contributed by atoms with Gasteiger partial charge in [-0.15, -0.1) is 0 Å². The van der Waals surface area contributed by atoms with Crippen LogP contribution < -0.4 is 5.32 Å². The number of hydrogen-bond donors (Lipinski definition) is 3. The van der Waals surface area contributed by atoms with Gasteiger partial charge in [-0.1, -0.05) is 0 Å². The van der Waals surface area contributed by atoms with Crippen molar-refractivity contribution in [3.05, 3.63) is 36.4 Å². The molecule has 0 aliphatic carbocycles. The third kappa shape index (κ3) is 4.06. The molecule has 21 heavy (non-hydrogen) atoms. The second-order valence-electron chi connectivity index (χ2n) is 4.43. The molecule has 0 aliphatic rings. The van der Waals surface area contributed by atoms with Crippen LogP contribution in [0.4, 0.5) is 4.79 Å². The molecule has 2 aromatic rings. The van der Waals surface area contributed by atoms with Crippen LogP contribution in [0.2, 0.25) is 0 Å². The molecule has 112 valence electrons. The van der Waals surface area contributed by atoms with Gasteiger partial charge in [0.15, 0.2) is 5.69 Å². The molecule has 0 bridgehead atoms. The highest BCUT2D eigenvalue weighted by molar-refractivity contribution is 5.84. The van der Waals surface area contributed by atoms with Crippen LogP contribution in [-0.2, 0) is 13.1 Å². The van der Waals surface area contributed by atoms with E-state index in [4.69, 9.17) is 5.11 Å². The SMILES string of the molecule is CN(Cc1ncc[nH]1)C(=O)NCCn1cnc(C(=O)O)c1. The van der Waals surface area contributed by atoms with E-state index in [0.29, 0.717) is 25.5 Å². The monoisotopic (exact) mass is 292 g/mol. The van der Waals surface area contributed by atoms with E-state index in [-0.39, 0.29) is 11.7 Å². The lowest BCUT2D eigenvalue weighted by molar-refractivity contribution is 0.0691. The first-order chi connectivity index (χ1) is 10.1. The lowest BCUT2D eigenvalue weighted by Gasteiger charge is -2.16. The molecule has 9 heteroatoms. The van der Waals surface area contributed by atoms with Crippen molar-refractivity contribution < 1.29 is 14.7 Å². The molecular formula is C12H16N6O3. The first-order valence-electron chi connectivity index (χ1n) is 6.28. The van der Waals surface area contributed by atoms with E-state index in [0.717, 1.165) is 0 Å². The minimum Gasteiger partial charge on any atom is -0.476 e. The Morgan fingerprint density at radius 3 is 2.90 bits per heavy atom. The number of nitrogens with one attached hydrogen (secondary N) is 2. The standard InChI is InChI=1S/C12H16N6O3/c1-17(7-10-13-2-3-14-10)12(21)15-4-5-18-6-9(11(19)20)16-8-18/h2-3,6,8H,4-5,7H2,1H3,(H,13,14)(H,15,21)(H,19,20). The molecule has 0 spiro atoms. The van der Waals surface area contributed by atoms with Crippen molar-refractivity contribution in [1.29, 1.82) is 0 Å². The number of carboxylic acids is 1. The molecule has 2 amide bonds. The van der Waals surface area contributed by atoms with E-state index >= 15 is 0 Å². The molecule has 0 atom stereocenters. The zero-order valence-electron chi connectivity index (χ0n) is 11.5. The quantitative estimate of drug-likeness (QED) is 0.700. The Bertz CT molecular complexity index is 606. The summed E-state index contributed by atoms with van der Waals surface area (Å²) in [4.78, 5) is 34.7. The van der Waals surface area contributed by atoms with E-state index in [1.807, 2.05) is 0 Å². The number of aromatic carboxylic acids is 1. The fraction of sp³-hybridized carbons (Fsp3) is 0.333. The van der Waals surface area contributed by atoms with Crippen molar-refractivity contribution in [2.45, 2.75) is 13.1 Å².